The van der Waals surface area contributed by atoms with E-state index in [0.29, 0.717) is 0 Å². The minimum Gasteiger partial charge on any atom is -0.481 e. The van der Waals surface area contributed by atoms with Crippen LogP contribution in [0.15, 0.2) is 59.1 Å². The number of fused-ring (bicyclic) bond motifs is 1. The van der Waals surface area contributed by atoms with E-state index in [2.05, 4.69) is 58.6 Å². The van der Waals surface area contributed by atoms with E-state index in [4.69, 9.17) is 5.11 Å². The second kappa shape index (κ2) is 9.60. The van der Waals surface area contributed by atoms with Crippen LogP contribution in [-0.4, -0.2) is 38.1 Å². The zero-order valence-electron chi connectivity index (χ0n) is 17.0. The minimum absolute atomic E-state index is 0.0294. The van der Waals surface area contributed by atoms with Gasteiger partial charge in [0, 0.05) is 39.1 Å². The summed E-state index contributed by atoms with van der Waals surface area (Å²) in [6.45, 7) is 4.23. The number of benzene rings is 2. The highest BCUT2D eigenvalue weighted by Gasteiger charge is 2.19. The molecule has 1 aromatic heterocycles. The standard InChI is InChI=1S/C24H26BrNO4/c1-15(2)26-21-6-4-3-5-20(21)24(16-7-9-17(25)10-8-16)22(26)12-11-18(27)13-19(28)14-23(29)30/h3-12,15,18-19,27-28H,13-14H2,1-2H3,(H,29,30)/b12-11+/t18-,19-/m0/s1. The Kier molecular flexibility index (Phi) is 7.13. The molecule has 0 fully saturated rings. The normalized spacial score (nSPS) is 13.9. The molecule has 5 nitrogen and oxygen atoms in total. The Hall–Kier alpha value is -2.41. The van der Waals surface area contributed by atoms with E-state index in [1.165, 1.54) is 0 Å². The fraction of sp³-hybridized carbons (Fsp3) is 0.292. The van der Waals surface area contributed by atoms with E-state index in [9.17, 15) is 15.0 Å². The summed E-state index contributed by atoms with van der Waals surface area (Å²) >= 11 is 3.49. The van der Waals surface area contributed by atoms with Crippen molar-refractivity contribution in [3.8, 4) is 11.1 Å². The molecule has 0 aliphatic rings. The third kappa shape index (κ3) is 5.01. The van der Waals surface area contributed by atoms with Gasteiger partial charge in [-0.15, -0.1) is 0 Å². The van der Waals surface area contributed by atoms with Crippen molar-refractivity contribution in [1.82, 2.24) is 4.57 Å². The predicted octanol–water partition coefficient (Wildman–Crippen LogP) is 5.25. The van der Waals surface area contributed by atoms with Gasteiger partial charge in [0.1, 0.15) is 0 Å². The molecule has 3 aromatic rings. The Labute approximate surface area is 184 Å². The average Bonchev–Trinajstić information content (AvgIpc) is 3.00. The first-order valence-corrected chi connectivity index (χ1v) is 10.7. The molecule has 3 rings (SSSR count). The first-order valence-electron chi connectivity index (χ1n) is 9.93. The van der Waals surface area contributed by atoms with Crippen LogP contribution in [0, 0.1) is 0 Å². The highest BCUT2D eigenvalue weighted by atomic mass is 79.9. The van der Waals surface area contributed by atoms with Gasteiger partial charge >= 0.3 is 5.97 Å². The summed E-state index contributed by atoms with van der Waals surface area (Å²) in [5.41, 5.74) is 4.20. The van der Waals surface area contributed by atoms with Gasteiger partial charge in [-0.1, -0.05) is 52.3 Å². The molecule has 0 radical (unpaired) electrons. The van der Waals surface area contributed by atoms with Crippen LogP contribution >= 0.6 is 15.9 Å². The van der Waals surface area contributed by atoms with Crippen molar-refractivity contribution in [3.63, 3.8) is 0 Å². The third-order valence-electron chi connectivity index (χ3n) is 5.00. The number of aromatic nitrogens is 1. The molecule has 6 heteroatoms. The molecular weight excluding hydrogens is 446 g/mol. The fourth-order valence-corrected chi connectivity index (χ4v) is 4.03. The lowest BCUT2D eigenvalue weighted by molar-refractivity contribution is -0.139. The predicted molar refractivity (Wildman–Crippen MR) is 123 cm³/mol. The van der Waals surface area contributed by atoms with Gasteiger partial charge < -0.3 is 19.9 Å². The summed E-state index contributed by atoms with van der Waals surface area (Å²) in [4.78, 5) is 10.7. The Morgan fingerprint density at radius 2 is 1.77 bits per heavy atom. The number of carboxylic acids is 1. The van der Waals surface area contributed by atoms with E-state index in [1.807, 2.05) is 30.3 Å². The van der Waals surface area contributed by atoms with E-state index >= 15 is 0 Å². The lowest BCUT2D eigenvalue weighted by atomic mass is 10.0. The number of halogens is 1. The zero-order valence-corrected chi connectivity index (χ0v) is 18.6. The van der Waals surface area contributed by atoms with E-state index < -0.39 is 18.2 Å². The Bertz CT molecular complexity index is 1050. The number of hydrogen-bond acceptors (Lipinski definition) is 3. The molecule has 0 saturated carbocycles. The van der Waals surface area contributed by atoms with E-state index in [-0.39, 0.29) is 18.9 Å². The second-order valence-corrected chi connectivity index (χ2v) is 8.58. The molecule has 0 amide bonds. The molecule has 2 aromatic carbocycles. The fourth-order valence-electron chi connectivity index (χ4n) is 3.77. The van der Waals surface area contributed by atoms with Crippen LogP contribution in [0.5, 0.6) is 0 Å². The molecule has 0 aliphatic carbocycles. The largest absolute Gasteiger partial charge is 0.481 e. The lowest BCUT2D eigenvalue weighted by Gasteiger charge is -2.15. The van der Waals surface area contributed by atoms with Crippen LogP contribution in [0.3, 0.4) is 0 Å². The molecule has 0 saturated heterocycles. The Balaban J connectivity index is 2.08. The molecule has 2 atom stereocenters. The summed E-state index contributed by atoms with van der Waals surface area (Å²) in [5, 5.41) is 30.1. The van der Waals surface area contributed by atoms with Crippen LogP contribution < -0.4 is 0 Å². The maximum Gasteiger partial charge on any atom is 0.305 e. The molecule has 0 aliphatic heterocycles. The van der Waals surface area contributed by atoms with E-state index in [1.54, 1.807) is 6.08 Å². The number of aliphatic hydroxyl groups excluding tert-OH is 2. The van der Waals surface area contributed by atoms with Gasteiger partial charge in [-0.3, -0.25) is 4.79 Å². The minimum atomic E-state index is -1.09. The first-order chi connectivity index (χ1) is 14.3. The van der Waals surface area contributed by atoms with Crippen molar-refractivity contribution in [2.45, 2.75) is 44.9 Å². The first kappa shape index (κ1) is 22.3. The average molecular weight is 472 g/mol. The van der Waals surface area contributed by atoms with Gasteiger partial charge in [0.05, 0.1) is 18.6 Å². The van der Waals surface area contributed by atoms with Crippen molar-refractivity contribution < 1.29 is 20.1 Å². The summed E-state index contributed by atoms with van der Waals surface area (Å²) < 4.78 is 3.22. The van der Waals surface area contributed by atoms with E-state index in [0.717, 1.165) is 32.2 Å². The van der Waals surface area contributed by atoms with Crippen LogP contribution in [0.2, 0.25) is 0 Å². The molecule has 0 spiro atoms. The van der Waals surface area contributed by atoms with Crippen molar-refractivity contribution in [1.29, 1.82) is 0 Å². The zero-order chi connectivity index (χ0) is 21.8. The SMILES string of the molecule is CC(C)n1c(/C=C/[C@H](O)C[C@H](O)CC(=O)O)c(-c2ccc(Br)cc2)c2ccccc21. The van der Waals surface area contributed by atoms with Gasteiger partial charge in [-0.2, -0.15) is 0 Å². The number of aliphatic carboxylic acids is 1. The third-order valence-corrected chi connectivity index (χ3v) is 5.53. The van der Waals surface area contributed by atoms with Crippen molar-refractivity contribution in [3.05, 3.63) is 64.8 Å². The Morgan fingerprint density at radius 1 is 1.10 bits per heavy atom. The number of rotatable bonds is 8. The van der Waals surface area contributed by atoms with Crippen molar-refractivity contribution >= 4 is 38.9 Å². The van der Waals surface area contributed by atoms with Crippen LogP contribution in [0.4, 0.5) is 0 Å². The molecule has 0 unspecified atom stereocenters. The number of carbonyl (C=O) groups is 1. The van der Waals surface area contributed by atoms with Gasteiger partial charge in [0.25, 0.3) is 0 Å². The lowest BCUT2D eigenvalue weighted by Crippen LogP contribution is -2.19. The number of hydrogen-bond donors (Lipinski definition) is 3. The summed E-state index contributed by atoms with van der Waals surface area (Å²) in [6.07, 6.45) is 1.04. The molecular formula is C24H26BrNO4. The number of aliphatic hydroxyl groups is 2. The number of nitrogens with zero attached hydrogens (tertiary/aromatic N) is 1. The summed E-state index contributed by atoms with van der Waals surface area (Å²) in [5.74, 6) is -1.09. The van der Waals surface area contributed by atoms with Gasteiger partial charge in [-0.25, -0.2) is 0 Å². The monoisotopic (exact) mass is 471 g/mol. The van der Waals surface area contributed by atoms with Crippen molar-refractivity contribution in [2.24, 2.45) is 0 Å². The maximum atomic E-state index is 10.7. The highest BCUT2D eigenvalue weighted by Crippen LogP contribution is 2.38. The second-order valence-electron chi connectivity index (χ2n) is 7.66. The van der Waals surface area contributed by atoms with Gasteiger partial charge in [-0.05, 0) is 43.7 Å². The number of para-hydroxylation sites is 1. The molecule has 3 N–H and O–H groups in total. The van der Waals surface area contributed by atoms with Crippen LogP contribution in [-0.2, 0) is 4.79 Å². The number of carboxylic acid groups (broad SMARTS) is 1. The summed E-state index contributed by atoms with van der Waals surface area (Å²) in [7, 11) is 0. The Morgan fingerprint density at radius 3 is 2.40 bits per heavy atom. The summed E-state index contributed by atoms with van der Waals surface area (Å²) in [6, 6.07) is 16.5. The topological polar surface area (TPSA) is 82.7 Å². The van der Waals surface area contributed by atoms with Crippen molar-refractivity contribution in [2.75, 3.05) is 0 Å². The smallest absolute Gasteiger partial charge is 0.305 e. The quantitative estimate of drug-likeness (QED) is 0.418. The van der Waals surface area contributed by atoms with Crippen LogP contribution in [0.1, 0.15) is 38.4 Å². The molecule has 158 valence electrons. The van der Waals surface area contributed by atoms with Gasteiger partial charge in [0.15, 0.2) is 0 Å². The van der Waals surface area contributed by atoms with Crippen LogP contribution in [0.25, 0.3) is 28.1 Å². The van der Waals surface area contributed by atoms with Gasteiger partial charge in [0.2, 0.25) is 0 Å². The molecule has 1 heterocycles. The molecule has 0 bridgehead atoms. The maximum absolute atomic E-state index is 10.7. The highest BCUT2D eigenvalue weighted by molar-refractivity contribution is 9.10. The molecule has 30 heavy (non-hydrogen) atoms.